The van der Waals surface area contributed by atoms with E-state index >= 15 is 0 Å². The average molecular weight is 514 g/mol. The smallest absolute Gasteiger partial charge is 0.314 e. The summed E-state index contributed by atoms with van der Waals surface area (Å²) in [6.07, 6.45) is 4.74. The van der Waals surface area contributed by atoms with Crippen LogP contribution in [0.5, 0.6) is 0 Å². The second-order valence-electron chi connectivity index (χ2n) is 9.70. The zero-order chi connectivity index (χ0) is 25.5. The number of aromatic nitrogens is 1. The fraction of sp³-hybridized carbons (Fsp3) is 0.519. The number of urea groups is 1. The Hall–Kier alpha value is -2.68. The quantitative estimate of drug-likeness (QED) is 0.582. The van der Waals surface area contributed by atoms with E-state index in [9.17, 15) is 9.59 Å². The van der Waals surface area contributed by atoms with Gasteiger partial charge in [0.15, 0.2) is 0 Å². The Balaban J connectivity index is 1.48. The summed E-state index contributed by atoms with van der Waals surface area (Å²) in [7, 11) is 1.70. The topological polar surface area (TPSA) is 92.0 Å². The first-order valence-electron chi connectivity index (χ1n) is 12.7. The Morgan fingerprint density at radius 1 is 1.11 bits per heavy atom. The van der Waals surface area contributed by atoms with E-state index in [1.165, 1.54) is 0 Å². The van der Waals surface area contributed by atoms with Gasteiger partial charge in [0.25, 0.3) is 0 Å². The largest absolute Gasteiger partial charge is 0.385 e. The molecule has 0 radical (unpaired) electrons. The summed E-state index contributed by atoms with van der Waals surface area (Å²) in [5.74, 6) is 0.471. The number of benzene rings is 1. The van der Waals surface area contributed by atoms with Gasteiger partial charge in [-0.15, -0.1) is 0 Å². The van der Waals surface area contributed by atoms with Crippen LogP contribution in [0.3, 0.4) is 0 Å². The van der Waals surface area contributed by atoms with Crippen LogP contribution >= 0.6 is 11.6 Å². The van der Waals surface area contributed by atoms with Crippen LogP contribution in [0.15, 0.2) is 48.7 Å². The fourth-order valence-electron chi connectivity index (χ4n) is 5.42. The van der Waals surface area contributed by atoms with Gasteiger partial charge in [0.1, 0.15) is 0 Å². The number of carbonyl (C=O) groups is 2. The average Bonchev–Trinajstić information content (AvgIpc) is 2.89. The molecule has 2 atom stereocenters. The van der Waals surface area contributed by atoms with E-state index in [2.05, 4.69) is 28.1 Å². The summed E-state index contributed by atoms with van der Waals surface area (Å²) in [6, 6.07) is 13.6. The van der Waals surface area contributed by atoms with Crippen molar-refractivity contribution in [2.24, 2.45) is 11.7 Å². The SMILES string of the molecule is COCC[C@H]1CN(C(c2ccc(Cl)cc2)c2ccccn2)CCN1C(=O)CC1CCN(C(N)=O)CC1. The lowest BCUT2D eigenvalue weighted by atomic mass is 9.92. The summed E-state index contributed by atoms with van der Waals surface area (Å²) in [5.41, 5.74) is 7.52. The van der Waals surface area contributed by atoms with Gasteiger partial charge >= 0.3 is 6.03 Å². The lowest BCUT2D eigenvalue weighted by Gasteiger charge is -2.45. The third-order valence-electron chi connectivity index (χ3n) is 7.40. The number of amides is 3. The van der Waals surface area contributed by atoms with Crippen molar-refractivity contribution in [1.29, 1.82) is 0 Å². The predicted octanol–water partition coefficient (Wildman–Crippen LogP) is 3.55. The molecule has 0 spiro atoms. The van der Waals surface area contributed by atoms with E-state index in [4.69, 9.17) is 22.1 Å². The van der Waals surface area contributed by atoms with Gasteiger partial charge in [0, 0.05) is 70.1 Å². The molecule has 1 aromatic carbocycles. The molecule has 2 saturated heterocycles. The predicted molar refractivity (Wildman–Crippen MR) is 140 cm³/mol. The van der Waals surface area contributed by atoms with Crippen molar-refractivity contribution in [2.45, 2.75) is 37.8 Å². The molecule has 0 bridgehead atoms. The van der Waals surface area contributed by atoms with Crippen LogP contribution in [0.25, 0.3) is 0 Å². The molecular formula is C27H36ClN5O3. The maximum atomic E-state index is 13.4. The van der Waals surface area contributed by atoms with Crippen LogP contribution < -0.4 is 5.73 Å². The maximum Gasteiger partial charge on any atom is 0.314 e. The second-order valence-corrected chi connectivity index (χ2v) is 10.1. The number of rotatable bonds is 8. The van der Waals surface area contributed by atoms with E-state index < -0.39 is 0 Å². The number of nitrogens with two attached hydrogens (primary N) is 1. The number of hydrogen-bond acceptors (Lipinski definition) is 5. The third-order valence-corrected chi connectivity index (χ3v) is 7.65. The Morgan fingerprint density at radius 2 is 1.86 bits per heavy atom. The Bertz CT molecular complexity index is 998. The first kappa shape index (κ1) is 26.4. The van der Waals surface area contributed by atoms with Crippen molar-refractivity contribution in [3.63, 3.8) is 0 Å². The molecule has 9 heteroatoms. The second kappa shape index (κ2) is 12.5. The highest BCUT2D eigenvalue weighted by molar-refractivity contribution is 6.30. The molecule has 8 nitrogen and oxygen atoms in total. The summed E-state index contributed by atoms with van der Waals surface area (Å²) in [4.78, 5) is 35.7. The van der Waals surface area contributed by atoms with Crippen molar-refractivity contribution >= 4 is 23.5 Å². The number of likely N-dealkylation sites (tertiary alicyclic amines) is 1. The highest BCUT2D eigenvalue weighted by Gasteiger charge is 2.36. The lowest BCUT2D eigenvalue weighted by Crippen LogP contribution is -2.56. The zero-order valence-electron chi connectivity index (χ0n) is 20.9. The molecule has 0 saturated carbocycles. The minimum absolute atomic E-state index is 0.0242. The minimum atomic E-state index is -0.376. The number of primary amides is 1. The van der Waals surface area contributed by atoms with Crippen molar-refractivity contribution in [1.82, 2.24) is 19.7 Å². The number of piperazine rings is 1. The van der Waals surface area contributed by atoms with Crippen molar-refractivity contribution in [3.8, 4) is 0 Å². The van der Waals surface area contributed by atoms with Crippen molar-refractivity contribution < 1.29 is 14.3 Å². The third kappa shape index (κ3) is 6.55. The molecule has 2 fully saturated rings. The number of piperidine rings is 1. The van der Waals surface area contributed by atoms with Gasteiger partial charge in [-0.2, -0.15) is 0 Å². The van der Waals surface area contributed by atoms with Crippen LogP contribution in [0.1, 0.15) is 43.0 Å². The Labute approximate surface area is 218 Å². The molecule has 3 amide bonds. The van der Waals surface area contributed by atoms with Gasteiger partial charge in [-0.1, -0.05) is 29.8 Å². The molecule has 194 valence electrons. The van der Waals surface area contributed by atoms with Gasteiger partial charge in [0.05, 0.1) is 11.7 Å². The van der Waals surface area contributed by atoms with E-state index in [0.717, 1.165) is 43.6 Å². The highest BCUT2D eigenvalue weighted by atomic mass is 35.5. The zero-order valence-corrected chi connectivity index (χ0v) is 21.6. The summed E-state index contributed by atoms with van der Waals surface area (Å²) in [6.45, 7) is 3.99. The van der Waals surface area contributed by atoms with Gasteiger partial charge < -0.3 is 20.3 Å². The number of carbonyl (C=O) groups excluding carboxylic acids is 2. The van der Waals surface area contributed by atoms with Crippen LogP contribution in [-0.2, 0) is 9.53 Å². The van der Waals surface area contributed by atoms with Crippen LogP contribution in [0, 0.1) is 5.92 Å². The summed E-state index contributed by atoms with van der Waals surface area (Å²) >= 11 is 6.17. The number of halogens is 1. The number of hydrogen-bond donors (Lipinski definition) is 1. The molecule has 1 unspecified atom stereocenters. The van der Waals surface area contributed by atoms with Gasteiger partial charge in [-0.3, -0.25) is 14.7 Å². The van der Waals surface area contributed by atoms with E-state index in [1.807, 2.05) is 35.4 Å². The number of pyridine rings is 1. The lowest BCUT2D eigenvalue weighted by molar-refractivity contribution is -0.138. The van der Waals surface area contributed by atoms with Crippen molar-refractivity contribution in [3.05, 3.63) is 64.9 Å². The molecule has 0 aliphatic carbocycles. The van der Waals surface area contributed by atoms with E-state index in [0.29, 0.717) is 37.7 Å². The van der Waals surface area contributed by atoms with Gasteiger partial charge in [-0.05, 0) is 55.0 Å². The van der Waals surface area contributed by atoms with E-state index in [1.54, 1.807) is 12.0 Å². The molecule has 36 heavy (non-hydrogen) atoms. The Morgan fingerprint density at radius 3 is 2.50 bits per heavy atom. The first-order chi connectivity index (χ1) is 17.5. The fourth-order valence-corrected chi connectivity index (χ4v) is 5.54. The highest BCUT2D eigenvalue weighted by Crippen LogP contribution is 2.32. The molecule has 3 heterocycles. The maximum absolute atomic E-state index is 13.4. The Kier molecular flexibility index (Phi) is 9.18. The summed E-state index contributed by atoms with van der Waals surface area (Å²) in [5, 5.41) is 0.702. The van der Waals surface area contributed by atoms with E-state index in [-0.39, 0.29) is 29.9 Å². The van der Waals surface area contributed by atoms with Crippen molar-refractivity contribution in [2.75, 3.05) is 46.4 Å². The van der Waals surface area contributed by atoms with Crippen LogP contribution in [0.2, 0.25) is 5.02 Å². The number of nitrogens with zero attached hydrogens (tertiary/aromatic N) is 4. The minimum Gasteiger partial charge on any atom is -0.385 e. The van der Waals surface area contributed by atoms with Gasteiger partial charge in [0.2, 0.25) is 5.91 Å². The molecular weight excluding hydrogens is 478 g/mol. The summed E-state index contributed by atoms with van der Waals surface area (Å²) < 4.78 is 5.40. The molecule has 1 aromatic heterocycles. The first-order valence-corrected chi connectivity index (χ1v) is 13.1. The normalized spacial score (nSPS) is 20.3. The number of ether oxygens (including phenoxy) is 1. The molecule has 4 rings (SSSR count). The standard InChI is InChI=1S/C27H36ClN5O3/c1-36-17-11-23-19-32(26(24-4-2-3-12-30-24)21-5-7-22(28)8-6-21)15-16-33(23)25(34)18-20-9-13-31(14-10-20)27(29)35/h2-8,12,20,23,26H,9-11,13-19H2,1H3,(H2,29,35)/t23-,26?/m0/s1. The molecule has 2 aliphatic rings. The molecule has 2 aliphatic heterocycles. The van der Waals surface area contributed by atoms with Crippen LogP contribution in [0.4, 0.5) is 4.79 Å². The molecule has 2 N–H and O–H groups in total. The van der Waals surface area contributed by atoms with Crippen LogP contribution in [-0.4, -0.2) is 84.1 Å². The molecule has 2 aromatic rings. The monoisotopic (exact) mass is 513 g/mol. The van der Waals surface area contributed by atoms with Gasteiger partial charge in [-0.25, -0.2) is 4.79 Å². The number of methoxy groups -OCH3 is 1.